The van der Waals surface area contributed by atoms with E-state index < -0.39 is 11.5 Å². The Labute approximate surface area is 291 Å². The summed E-state index contributed by atoms with van der Waals surface area (Å²) in [6, 6.07) is 11.4. The van der Waals surface area contributed by atoms with E-state index in [1.165, 1.54) is 16.7 Å². The Morgan fingerprint density at radius 1 is 1.02 bits per heavy atom. The van der Waals surface area contributed by atoms with Crippen molar-refractivity contribution >= 4 is 18.0 Å². The average molecular weight is 668 g/mol. The maximum absolute atomic E-state index is 14.1. The molecule has 6 rings (SSSR count). The number of aliphatic imine (C=N–C) groups is 1. The summed E-state index contributed by atoms with van der Waals surface area (Å²) in [5, 5.41) is 11.2. The molecule has 3 saturated heterocycles. The molecule has 3 aliphatic rings. The number of H-pyrrole nitrogens is 1. The molecule has 262 valence electrons. The predicted octanol–water partition coefficient (Wildman–Crippen LogP) is 6.89. The lowest BCUT2D eigenvalue weighted by molar-refractivity contribution is -0.141. The zero-order valence-corrected chi connectivity index (χ0v) is 30.3. The van der Waals surface area contributed by atoms with Crippen molar-refractivity contribution in [3.05, 3.63) is 70.7 Å². The number of ether oxygens (including phenoxy) is 1. The fourth-order valence-electron chi connectivity index (χ4n) is 8.22. The molecule has 5 heterocycles. The number of aromatic amines is 1. The Kier molecular flexibility index (Phi) is 10.1. The van der Waals surface area contributed by atoms with Crippen molar-refractivity contribution in [1.29, 1.82) is 0 Å². The number of nitrogens with one attached hydrogen (secondary N) is 2. The quantitative estimate of drug-likeness (QED) is 0.190. The van der Waals surface area contributed by atoms with Crippen molar-refractivity contribution in [1.82, 2.24) is 30.3 Å². The van der Waals surface area contributed by atoms with Crippen molar-refractivity contribution in [3.8, 4) is 11.3 Å². The number of alkyl carbamates (subject to hydrolysis) is 1. The molecule has 0 spiro atoms. The summed E-state index contributed by atoms with van der Waals surface area (Å²) in [6.07, 6.45) is 8.87. The van der Waals surface area contributed by atoms with Gasteiger partial charge in [0.2, 0.25) is 11.9 Å². The lowest BCUT2D eigenvalue weighted by Gasteiger charge is -2.32. The number of guanidine groups is 1. The first-order valence-electron chi connectivity index (χ1n) is 18.0. The van der Waals surface area contributed by atoms with Crippen molar-refractivity contribution in [3.63, 3.8) is 0 Å². The number of fused-ring (bicyclic) bond motifs is 2. The second-order valence-corrected chi connectivity index (χ2v) is 15.4. The maximum atomic E-state index is 14.1. The minimum Gasteiger partial charge on any atom is -0.447 e. The summed E-state index contributed by atoms with van der Waals surface area (Å²) in [5.74, 6) is 1.02. The van der Waals surface area contributed by atoms with E-state index in [0.717, 1.165) is 67.7 Å². The number of amides is 2. The summed E-state index contributed by atoms with van der Waals surface area (Å²) in [6.45, 7) is 16.1. The molecule has 3 aliphatic heterocycles. The number of carbonyl (C=O) groups is 2. The average Bonchev–Trinajstić information content (AvgIpc) is 3.86. The van der Waals surface area contributed by atoms with Crippen molar-refractivity contribution in [2.24, 2.45) is 10.4 Å². The highest BCUT2D eigenvalue weighted by atomic mass is 16.6. The molecule has 49 heavy (non-hydrogen) atoms. The van der Waals surface area contributed by atoms with Gasteiger partial charge in [-0.2, -0.15) is 5.10 Å². The molecule has 1 unspecified atom stereocenters. The van der Waals surface area contributed by atoms with Gasteiger partial charge in [0.25, 0.3) is 0 Å². The first-order chi connectivity index (χ1) is 23.4. The first kappa shape index (κ1) is 34.6. The van der Waals surface area contributed by atoms with E-state index in [9.17, 15) is 9.59 Å². The number of aromatic nitrogens is 3. The van der Waals surface area contributed by atoms with E-state index in [2.05, 4.69) is 90.1 Å². The molecule has 2 N–H and O–H groups in total. The molecule has 3 aromatic rings. The van der Waals surface area contributed by atoms with Crippen LogP contribution >= 0.6 is 0 Å². The van der Waals surface area contributed by atoms with Gasteiger partial charge in [-0.15, -0.1) is 0 Å². The lowest BCUT2D eigenvalue weighted by Crippen LogP contribution is -2.44. The summed E-state index contributed by atoms with van der Waals surface area (Å²) < 4.78 is 5.47. The van der Waals surface area contributed by atoms with E-state index in [0.29, 0.717) is 36.9 Å². The van der Waals surface area contributed by atoms with Crippen LogP contribution in [0, 0.1) is 19.3 Å². The number of rotatable bonds is 9. The standard InChI is InChI=1S/C39H53N7O3/c1-24(2)49-38(48)42-37(45-17-14-29(23-45)28-12-15-40-16-13-28)41-22-27(5)34-33(43-44-35(34)30-19-25(3)18-26(4)20-30)21-39(6,7)36(47)46-31-8-9-32(46)11-10-31/h12-13,15-16,18-20,24,27,29,31-32H,8-11,14,17,21-23H2,1-7H3,(H,43,44)(H,41,42,48)/t27-,29?,31?,32?/m1/s1. The summed E-state index contributed by atoms with van der Waals surface area (Å²) >= 11 is 0. The van der Waals surface area contributed by atoms with Crippen LogP contribution in [-0.4, -0.2) is 80.8 Å². The molecule has 2 amide bonds. The molecular weight excluding hydrogens is 614 g/mol. The van der Waals surface area contributed by atoms with Gasteiger partial charge < -0.3 is 14.5 Å². The van der Waals surface area contributed by atoms with Crippen molar-refractivity contribution in [2.45, 2.75) is 117 Å². The Morgan fingerprint density at radius 2 is 1.67 bits per heavy atom. The van der Waals surface area contributed by atoms with Crippen LogP contribution in [0.1, 0.15) is 107 Å². The monoisotopic (exact) mass is 667 g/mol. The highest BCUT2D eigenvalue weighted by Gasteiger charge is 2.46. The highest BCUT2D eigenvalue weighted by Crippen LogP contribution is 2.42. The van der Waals surface area contributed by atoms with Crippen molar-refractivity contribution in [2.75, 3.05) is 19.6 Å². The number of pyridine rings is 1. The minimum atomic E-state index is -0.597. The Hall–Kier alpha value is -4.21. The maximum Gasteiger partial charge on any atom is 0.414 e. The van der Waals surface area contributed by atoms with E-state index in [1.807, 2.05) is 26.2 Å². The molecule has 2 atom stereocenters. The smallest absolute Gasteiger partial charge is 0.414 e. The number of hydrogen-bond acceptors (Lipinski definition) is 6. The molecule has 10 heteroatoms. The van der Waals surface area contributed by atoms with Crippen molar-refractivity contribution < 1.29 is 14.3 Å². The third kappa shape index (κ3) is 7.68. The second kappa shape index (κ2) is 14.3. The molecule has 10 nitrogen and oxygen atoms in total. The van der Waals surface area contributed by atoms with Crippen LogP contribution in [0.25, 0.3) is 11.3 Å². The fourth-order valence-corrected chi connectivity index (χ4v) is 8.22. The van der Waals surface area contributed by atoms with E-state index in [4.69, 9.17) is 14.8 Å². The third-order valence-electron chi connectivity index (χ3n) is 10.5. The van der Waals surface area contributed by atoms with Gasteiger partial charge >= 0.3 is 6.09 Å². The van der Waals surface area contributed by atoms with Crippen LogP contribution in [0.2, 0.25) is 0 Å². The van der Waals surface area contributed by atoms with E-state index in [-0.39, 0.29) is 17.9 Å². The number of hydrogen-bond donors (Lipinski definition) is 2. The minimum absolute atomic E-state index is 0.0602. The van der Waals surface area contributed by atoms with Gasteiger partial charge in [0.1, 0.15) is 0 Å². The van der Waals surface area contributed by atoms with E-state index >= 15 is 0 Å². The zero-order valence-electron chi connectivity index (χ0n) is 30.3. The molecule has 2 aromatic heterocycles. The van der Waals surface area contributed by atoms with Crippen LogP contribution in [0.3, 0.4) is 0 Å². The number of likely N-dealkylation sites (tertiary alicyclic amines) is 1. The van der Waals surface area contributed by atoms with Crippen LogP contribution in [0.4, 0.5) is 4.79 Å². The molecule has 2 bridgehead atoms. The highest BCUT2D eigenvalue weighted by molar-refractivity contribution is 5.94. The van der Waals surface area contributed by atoms with Crippen LogP contribution < -0.4 is 5.32 Å². The number of benzene rings is 1. The van der Waals surface area contributed by atoms with Crippen LogP contribution in [0.5, 0.6) is 0 Å². The lowest BCUT2D eigenvalue weighted by atomic mass is 9.82. The Morgan fingerprint density at radius 3 is 2.31 bits per heavy atom. The third-order valence-corrected chi connectivity index (χ3v) is 10.5. The predicted molar refractivity (Wildman–Crippen MR) is 193 cm³/mol. The fraction of sp³-hybridized carbons (Fsp3) is 0.564. The summed E-state index contributed by atoms with van der Waals surface area (Å²) in [7, 11) is 0. The van der Waals surface area contributed by atoms with Gasteiger partial charge in [-0.1, -0.05) is 38.0 Å². The van der Waals surface area contributed by atoms with Gasteiger partial charge in [0.15, 0.2) is 0 Å². The van der Waals surface area contributed by atoms with Gasteiger partial charge in [0, 0.05) is 84.6 Å². The largest absolute Gasteiger partial charge is 0.447 e. The van der Waals surface area contributed by atoms with Crippen LogP contribution in [-0.2, 0) is 16.0 Å². The number of aryl methyl sites for hydroxylation is 2. The summed E-state index contributed by atoms with van der Waals surface area (Å²) in [5.41, 5.74) is 6.95. The topological polar surface area (TPSA) is 116 Å². The first-order valence-corrected chi connectivity index (χ1v) is 18.0. The zero-order chi connectivity index (χ0) is 34.9. The van der Waals surface area contributed by atoms with Gasteiger partial charge in [-0.05, 0) is 89.6 Å². The molecule has 0 aliphatic carbocycles. The van der Waals surface area contributed by atoms with Gasteiger partial charge in [-0.25, -0.2) is 4.79 Å². The normalized spacial score (nSPS) is 21.5. The second-order valence-electron chi connectivity index (χ2n) is 15.4. The van der Waals surface area contributed by atoms with Gasteiger partial charge in [0.05, 0.1) is 11.8 Å². The molecule has 0 saturated carbocycles. The van der Waals surface area contributed by atoms with E-state index in [1.54, 1.807) is 0 Å². The van der Waals surface area contributed by atoms with Crippen LogP contribution in [0.15, 0.2) is 47.7 Å². The Balaban J connectivity index is 1.30. The summed E-state index contributed by atoms with van der Waals surface area (Å²) in [4.78, 5) is 40.5. The molecular formula is C39H53N7O3. The number of carbonyl (C=O) groups excluding carboxylic acids is 2. The molecule has 3 fully saturated rings. The Bertz CT molecular complexity index is 1640. The molecule has 0 radical (unpaired) electrons. The SMILES string of the molecule is Cc1cc(C)cc(-c2n[nH]c(CC(C)(C)C(=O)N3C4CCC3CC4)c2[C@H](C)CN=C(NC(=O)OC(C)C)N2CCC(c3ccncc3)C2)c1. The van der Waals surface area contributed by atoms with Gasteiger partial charge in [-0.3, -0.25) is 25.2 Å². The molecule has 1 aromatic carbocycles. The number of nitrogens with zero attached hydrogens (tertiary/aromatic N) is 5.